The fraction of sp³-hybridized carbons (Fsp3) is 1.00. The summed E-state index contributed by atoms with van der Waals surface area (Å²) >= 11 is 0. The van der Waals surface area contributed by atoms with Gasteiger partial charge in [0.1, 0.15) is 0 Å². The summed E-state index contributed by atoms with van der Waals surface area (Å²) in [5, 5.41) is 3.74. The van der Waals surface area contributed by atoms with Crippen molar-refractivity contribution >= 4 is 0 Å². The smallest absolute Gasteiger partial charge is 0.00127 e. The molecular formula is C17H35N. The molecule has 1 nitrogen and oxygen atoms in total. The first kappa shape index (κ1) is 16.0. The summed E-state index contributed by atoms with van der Waals surface area (Å²) in [5.74, 6) is 0.981. The molecule has 0 heterocycles. The monoisotopic (exact) mass is 253 g/mol. The van der Waals surface area contributed by atoms with E-state index in [9.17, 15) is 0 Å². The summed E-state index contributed by atoms with van der Waals surface area (Å²) < 4.78 is 0. The minimum absolute atomic E-state index is 0.584. The lowest BCUT2D eigenvalue weighted by Crippen LogP contribution is -2.43. The zero-order valence-corrected chi connectivity index (χ0v) is 13.2. The van der Waals surface area contributed by atoms with Gasteiger partial charge < -0.3 is 5.32 Å². The highest BCUT2D eigenvalue weighted by Crippen LogP contribution is 2.44. The van der Waals surface area contributed by atoms with Crippen LogP contribution in [0.5, 0.6) is 0 Å². The first-order chi connectivity index (χ1) is 8.64. The van der Waals surface area contributed by atoms with Crippen LogP contribution in [0.15, 0.2) is 0 Å². The maximum absolute atomic E-state index is 3.74. The van der Waals surface area contributed by atoms with E-state index in [-0.39, 0.29) is 0 Å². The van der Waals surface area contributed by atoms with Crippen molar-refractivity contribution in [1.82, 2.24) is 5.32 Å². The van der Waals surface area contributed by atoms with Gasteiger partial charge in [-0.25, -0.2) is 0 Å². The third-order valence-electron chi connectivity index (χ3n) is 5.07. The average molecular weight is 253 g/mol. The Labute approximate surface area is 115 Å². The van der Waals surface area contributed by atoms with E-state index >= 15 is 0 Å². The number of unbranched alkanes of at least 4 members (excludes halogenated alkanes) is 1. The molecule has 1 aliphatic carbocycles. The Morgan fingerprint density at radius 1 is 1.11 bits per heavy atom. The first-order valence-corrected chi connectivity index (χ1v) is 8.38. The van der Waals surface area contributed by atoms with Crippen molar-refractivity contribution in [2.75, 3.05) is 6.54 Å². The summed E-state index contributed by atoms with van der Waals surface area (Å²) in [4.78, 5) is 0. The van der Waals surface area contributed by atoms with Crippen LogP contribution < -0.4 is 5.32 Å². The second kappa shape index (κ2) is 8.19. The number of hydrogen-bond donors (Lipinski definition) is 1. The summed E-state index contributed by atoms with van der Waals surface area (Å²) in [6.07, 6.45) is 12.9. The minimum atomic E-state index is 0.584. The van der Waals surface area contributed by atoms with Gasteiger partial charge in [-0.1, -0.05) is 59.8 Å². The van der Waals surface area contributed by atoms with Crippen molar-refractivity contribution in [2.24, 2.45) is 11.3 Å². The third kappa shape index (κ3) is 4.57. The van der Waals surface area contributed by atoms with Gasteiger partial charge >= 0.3 is 0 Å². The molecule has 1 rings (SSSR count). The van der Waals surface area contributed by atoms with Crippen LogP contribution >= 0.6 is 0 Å². The van der Waals surface area contributed by atoms with E-state index in [4.69, 9.17) is 0 Å². The Morgan fingerprint density at radius 2 is 1.78 bits per heavy atom. The lowest BCUT2D eigenvalue weighted by atomic mass is 9.64. The number of rotatable bonds is 8. The topological polar surface area (TPSA) is 12.0 Å². The van der Waals surface area contributed by atoms with Crippen molar-refractivity contribution in [1.29, 1.82) is 0 Å². The Balaban J connectivity index is 2.67. The third-order valence-corrected chi connectivity index (χ3v) is 5.07. The fourth-order valence-electron chi connectivity index (χ4n) is 3.68. The van der Waals surface area contributed by atoms with E-state index in [0.717, 1.165) is 5.92 Å². The quantitative estimate of drug-likeness (QED) is 0.630. The molecule has 0 aromatic carbocycles. The van der Waals surface area contributed by atoms with Crippen LogP contribution in [0.2, 0.25) is 0 Å². The van der Waals surface area contributed by atoms with Crippen molar-refractivity contribution in [3.63, 3.8) is 0 Å². The van der Waals surface area contributed by atoms with E-state index in [1.807, 2.05) is 0 Å². The van der Waals surface area contributed by atoms with Crippen LogP contribution in [0.4, 0.5) is 0 Å². The maximum atomic E-state index is 3.74. The second-order valence-corrected chi connectivity index (χ2v) is 6.69. The van der Waals surface area contributed by atoms with Crippen molar-refractivity contribution < 1.29 is 0 Å². The molecule has 1 heteroatoms. The molecule has 0 saturated heterocycles. The Kier molecular flexibility index (Phi) is 7.29. The van der Waals surface area contributed by atoms with Gasteiger partial charge in [0.15, 0.2) is 0 Å². The molecule has 1 N–H and O–H groups in total. The summed E-state index contributed by atoms with van der Waals surface area (Å²) in [7, 11) is 0. The molecule has 1 atom stereocenters. The van der Waals surface area contributed by atoms with Gasteiger partial charge in [-0.2, -0.15) is 0 Å². The van der Waals surface area contributed by atoms with E-state index in [1.54, 1.807) is 0 Å². The lowest BCUT2D eigenvalue weighted by molar-refractivity contribution is 0.0904. The van der Waals surface area contributed by atoms with Crippen molar-refractivity contribution in [3.05, 3.63) is 0 Å². The molecule has 1 saturated carbocycles. The van der Waals surface area contributed by atoms with Crippen molar-refractivity contribution in [2.45, 2.75) is 91.5 Å². The molecule has 18 heavy (non-hydrogen) atoms. The van der Waals surface area contributed by atoms with E-state index in [2.05, 4.69) is 33.0 Å². The second-order valence-electron chi connectivity index (χ2n) is 6.69. The van der Waals surface area contributed by atoms with Crippen LogP contribution in [0.1, 0.15) is 85.5 Å². The maximum Gasteiger partial charge on any atom is 0.00127 e. The molecule has 0 radical (unpaired) electrons. The molecule has 0 aromatic rings. The molecule has 0 spiro atoms. The minimum Gasteiger partial charge on any atom is -0.314 e. The van der Waals surface area contributed by atoms with Gasteiger partial charge in [0.25, 0.3) is 0 Å². The van der Waals surface area contributed by atoms with Crippen molar-refractivity contribution in [3.8, 4) is 0 Å². The van der Waals surface area contributed by atoms with Gasteiger partial charge in [-0.05, 0) is 37.0 Å². The predicted octanol–water partition coefficient (Wildman–Crippen LogP) is 5.15. The highest BCUT2D eigenvalue weighted by Gasteiger charge is 2.36. The highest BCUT2D eigenvalue weighted by molar-refractivity contribution is 4.89. The zero-order chi connectivity index (χ0) is 13.4. The van der Waals surface area contributed by atoms with Gasteiger partial charge in [0.2, 0.25) is 0 Å². The molecule has 0 amide bonds. The molecule has 108 valence electrons. The predicted molar refractivity (Wildman–Crippen MR) is 82.0 cm³/mol. The Hall–Kier alpha value is -0.0400. The normalized spacial score (nSPS) is 21.2. The van der Waals surface area contributed by atoms with Gasteiger partial charge in [-0.15, -0.1) is 0 Å². The van der Waals surface area contributed by atoms with E-state index in [1.165, 1.54) is 64.3 Å². The molecule has 1 fully saturated rings. The van der Waals surface area contributed by atoms with E-state index in [0.29, 0.717) is 11.5 Å². The largest absolute Gasteiger partial charge is 0.314 e. The number of nitrogens with one attached hydrogen (secondary N) is 1. The summed E-state index contributed by atoms with van der Waals surface area (Å²) in [5.41, 5.74) is 0.584. The fourth-order valence-corrected chi connectivity index (χ4v) is 3.68. The molecule has 1 unspecified atom stereocenters. The van der Waals surface area contributed by atoms with Gasteiger partial charge in [0.05, 0.1) is 0 Å². The van der Waals surface area contributed by atoms with Gasteiger partial charge in [0, 0.05) is 12.6 Å². The standard InChI is InChI=1S/C17H35N/c1-5-7-13-17(6-2,14-18-15(3)4)16-11-9-8-10-12-16/h15-16,18H,5-14H2,1-4H3. The summed E-state index contributed by atoms with van der Waals surface area (Å²) in [6.45, 7) is 10.6. The highest BCUT2D eigenvalue weighted by atomic mass is 14.9. The number of hydrogen-bond acceptors (Lipinski definition) is 1. The van der Waals surface area contributed by atoms with E-state index < -0.39 is 0 Å². The molecule has 1 aliphatic rings. The lowest BCUT2D eigenvalue weighted by Gasteiger charge is -2.43. The van der Waals surface area contributed by atoms with Crippen LogP contribution in [-0.4, -0.2) is 12.6 Å². The van der Waals surface area contributed by atoms with Crippen LogP contribution in [0.25, 0.3) is 0 Å². The molecule has 0 aromatic heterocycles. The molecule has 0 bridgehead atoms. The summed E-state index contributed by atoms with van der Waals surface area (Å²) in [6, 6.07) is 0.626. The van der Waals surface area contributed by atoms with Crippen LogP contribution in [0.3, 0.4) is 0 Å². The molecule has 0 aliphatic heterocycles. The van der Waals surface area contributed by atoms with Gasteiger partial charge in [-0.3, -0.25) is 0 Å². The first-order valence-electron chi connectivity index (χ1n) is 8.38. The van der Waals surface area contributed by atoms with Crippen LogP contribution in [-0.2, 0) is 0 Å². The zero-order valence-electron chi connectivity index (χ0n) is 13.2. The molecular weight excluding hydrogens is 218 g/mol. The Bertz CT molecular complexity index is 206. The van der Waals surface area contributed by atoms with Crippen LogP contribution in [0, 0.1) is 11.3 Å². The Morgan fingerprint density at radius 3 is 2.28 bits per heavy atom. The average Bonchev–Trinajstić information content (AvgIpc) is 2.40. The SMILES string of the molecule is CCCCC(CC)(CNC(C)C)C1CCCCC1.